The summed E-state index contributed by atoms with van der Waals surface area (Å²) < 4.78 is 32.4. The third kappa shape index (κ3) is 6.07. The van der Waals surface area contributed by atoms with Gasteiger partial charge >= 0.3 is 5.92 Å². The van der Waals surface area contributed by atoms with E-state index in [0.29, 0.717) is 22.5 Å². The van der Waals surface area contributed by atoms with Crippen molar-refractivity contribution in [3.05, 3.63) is 59.4 Å². The summed E-state index contributed by atoms with van der Waals surface area (Å²) in [6.45, 7) is 5.52. The Kier molecular flexibility index (Phi) is 6.62. The normalized spacial score (nSPS) is 13.4. The summed E-state index contributed by atoms with van der Waals surface area (Å²) in [5, 5.41) is 5.46. The third-order valence-electron chi connectivity index (χ3n) is 4.78. The van der Waals surface area contributed by atoms with Crippen LogP contribution in [0.5, 0.6) is 5.88 Å². The van der Waals surface area contributed by atoms with Gasteiger partial charge in [0.2, 0.25) is 11.8 Å². The highest BCUT2D eigenvalue weighted by Crippen LogP contribution is 2.30. The second-order valence-electron chi connectivity index (χ2n) is 7.62. The molecular formula is C22H24F2N4O3. The van der Waals surface area contributed by atoms with Gasteiger partial charge in [-0.25, -0.2) is 9.97 Å². The van der Waals surface area contributed by atoms with Crippen molar-refractivity contribution in [2.75, 3.05) is 11.9 Å². The SMILES string of the molecule is C=C(C)C(F)(F)COc1ncc(CNC(=O)c2ccnc(NC(=O)C3CC3)c2)cc1C. The number of aryl methyl sites for hydroxylation is 1. The van der Waals surface area contributed by atoms with Gasteiger partial charge in [0.05, 0.1) is 0 Å². The van der Waals surface area contributed by atoms with E-state index < -0.39 is 12.5 Å². The quantitative estimate of drug-likeness (QED) is 0.593. The molecule has 0 aliphatic heterocycles. The molecule has 2 N–H and O–H groups in total. The molecule has 9 heteroatoms. The van der Waals surface area contributed by atoms with Crippen LogP contribution in [0.15, 0.2) is 42.7 Å². The zero-order chi connectivity index (χ0) is 22.6. The van der Waals surface area contributed by atoms with Gasteiger partial charge in [-0.1, -0.05) is 6.58 Å². The summed E-state index contributed by atoms with van der Waals surface area (Å²) in [7, 11) is 0. The minimum atomic E-state index is -3.14. The molecule has 0 bridgehead atoms. The molecular weight excluding hydrogens is 406 g/mol. The summed E-state index contributed by atoms with van der Waals surface area (Å²) in [4.78, 5) is 32.4. The van der Waals surface area contributed by atoms with Crippen molar-refractivity contribution in [3.63, 3.8) is 0 Å². The molecule has 1 aliphatic rings. The van der Waals surface area contributed by atoms with Crippen molar-refractivity contribution in [2.45, 2.75) is 39.2 Å². The van der Waals surface area contributed by atoms with Gasteiger partial charge in [0.1, 0.15) is 5.82 Å². The molecule has 7 nitrogen and oxygen atoms in total. The van der Waals surface area contributed by atoms with Crippen LogP contribution in [0.3, 0.4) is 0 Å². The largest absolute Gasteiger partial charge is 0.471 e. The average molecular weight is 430 g/mol. The first kappa shape index (κ1) is 22.3. The Hall–Kier alpha value is -3.36. The van der Waals surface area contributed by atoms with Crippen molar-refractivity contribution in [1.82, 2.24) is 15.3 Å². The van der Waals surface area contributed by atoms with Crippen molar-refractivity contribution in [1.29, 1.82) is 0 Å². The van der Waals surface area contributed by atoms with Gasteiger partial charge in [0.15, 0.2) is 6.61 Å². The first-order valence-electron chi connectivity index (χ1n) is 9.83. The van der Waals surface area contributed by atoms with E-state index in [9.17, 15) is 18.4 Å². The molecule has 0 aromatic carbocycles. The number of rotatable bonds is 9. The number of hydrogen-bond donors (Lipinski definition) is 2. The first-order chi connectivity index (χ1) is 14.7. The van der Waals surface area contributed by atoms with Gasteiger partial charge < -0.3 is 15.4 Å². The van der Waals surface area contributed by atoms with Crippen molar-refractivity contribution >= 4 is 17.6 Å². The molecule has 2 aromatic heterocycles. The fraction of sp³-hybridized carbons (Fsp3) is 0.364. The van der Waals surface area contributed by atoms with Crippen molar-refractivity contribution in [2.24, 2.45) is 5.92 Å². The molecule has 0 unspecified atom stereocenters. The van der Waals surface area contributed by atoms with Crippen molar-refractivity contribution < 1.29 is 23.1 Å². The van der Waals surface area contributed by atoms with Crippen LogP contribution < -0.4 is 15.4 Å². The Morgan fingerprint density at radius 3 is 2.68 bits per heavy atom. The summed E-state index contributed by atoms with van der Waals surface area (Å²) in [6, 6.07) is 4.76. The molecule has 0 spiro atoms. The topological polar surface area (TPSA) is 93.2 Å². The maximum atomic E-state index is 13.6. The van der Waals surface area contributed by atoms with E-state index in [0.717, 1.165) is 12.8 Å². The van der Waals surface area contributed by atoms with E-state index >= 15 is 0 Å². The minimum Gasteiger partial charge on any atom is -0.471 e. The minimum absolute atomic E-state index is 0.0361. The molecule has 31 heavy (non-hydrogen) atoms. The number of halogens is 2. The highest BCUT2D eigenvalue weighted by molar-refractivity contribution is 5.97. The van der Waals surface area contributed by atoms with Gasteiger partial charge in [-0.2, -0.15) is 8.78 Å². The number of amides is 2. The molecule has 1 fully saturated rings. The molecule has 0 saturated heterocycles. The fourth-order valence-corrected chi connectivity index (χ4v) is 2.65. The van der Waals surface area contributed by atoms with Gasteiger partial charge in [-0.3, -0.25) is 9.59 Å². The second kappa shape index (κ2) is 9.20. The van der Waals surface area contributed by atoms with Crippen LogP contribution >= 0.6 is 0 Å². The van der Waals surface area contributed by atoms with E-state index in [-0.39, 0.29) is 35.7 Å². The maximum Gasteiger partial charge on any atom is 0.302 e. The van der Waals surface area contributed by atoms with Gasteiger partial charge in [-0.15, -0.1) is 0 Å². The summed E-state index contributed by atoms with van der Waals surface area (Å²) in [6.07, 6.45) is 4.66. The zero-order valence-electron chi connectivity index (χ0n) is 17.4. The van der Waals surface area contributed by atoms with E-state index in [1.54, 1.807) is 19.1 Å². The van der Waals surface area contributed by atoms with E-state index in [4.69, 9.17) is 4.74 Å². The second-order valence-corrected chi connectivity index (χ2v) is 7.62. The monoisotopic (exact) mass is 430 g/mol. The number of pyridine rings is 2. The van der Waals surface area contributed by atoms with Crippen LogP contribution in [-0.4, -0.2) is 34.3 Å². The Morgan fingerprint density at radius 2 is 2.03 bits per heavy atom. The zero-order valence-corrected chi connectivity index (χ0v) is 17.4. The number of nitrogens with one attached hydrogen (secondary N) is 2. The highest BCUT2D eigenvalue weighted by atomic mass is 19.3. The summed E-state index contributed by atoms with van der Waals surface area (Å²) in [5.41, 5.74) is 1.32. The number of ether oxygens (including phenoxy) is 1. The standard InChI is InChI=1S/C22H24F2N4O3/c1-13(2)22(23,24)12-31-21-14(3)8-15(11-27-21)10-26-19(29)17-6-7-25-18(9-17)28-20(30)16-4-5-16/h6-9,11,16H,1,4-5,10,12H2,2-3H3,(H,26,29)(H,25,28,30). The lowest BCUT2D eigenvalue weighted by Crippen LogP contribution is -2.27. The van der Waals surface area contributed by atoms with Crippen molar-refractivity contribution in [3.8, 4) is 5.88 Å². The molecule has 2 heterocycles. The van der Waals surface area contributed by atoms with Crippen LogP contribution in [0.1, 0.15) is 41.3 Å². The predicted octanol–water partition coefficient (Wildman–Crippen LogP) is 3.65. The average Bonchev–Trinajstić information content (AvgIpc) is 3.57. The van der Waals surface area contributed by atoms with Crippen LogP contribution in [0.25, 0.3) is 0 Å². The first-order valence-corrected chi connectivity index (χ1v) is 9.83. The lowest BCUT2D eigenvalue weighted by atomic mass is 10.2. The highest BCUT2D eigenvalue weighted by Gasteiger charge is 2.31. The lowest BCUT2D eigenvalue weighted by Gasteiger charge is -2.17. The van der Waals surface area contributed by atoms with Gasteiger partial charge in [0, 0.05) is 36.0 Å². The van der Waals surface area contributed by atoms with Gasteiger partial charge in [-0.05, 0) is 56.0 Å². The summed E-state index contributed by atoms with van der Waals surface area (Å²) >= 11 is 0. The number of hydrogen-bond acceptors (Lipinski definition) is 5. The van der Waals surface area contributed by atoms with Crippen LogP contribution in [0.2, 0.25) is 0 Å². The van der Waals surface area contributed by atoms with E-state index in [1.165, 1.54) is 25.4 Å². The molecule has 2 aromatic rings. The molecule has 1 saturated carbocycles. The molecule has 0 radical (unpaired) electrons. The number of aromatic nitrogens is 2. The summed E-state index contributed by atoms with van der Waals surface area (Å²) in [5.74, 6) is -3.11. The maximum absolute atomic E-state index is 13.6. The Balaban J connectivity index is 1.56. The molecule has 164 valence electrons. The molecule has 0 atom stereocenters. The molecule has 2 amide bonds. The fourth-order valence-electron chi connectivity index (χ4n) is 2.65. The van der Waals surface area contributed by atoms with E-state index in [1.807, 2.05) is 0 Å². The number of nitrogens with zero attached hydrogens (tertiary/aromatic N) is 2. The predicted molar refractivity (Wildman–Crippen MR) is 111 cm³/mol. The Morgan fingerprint density at radius 1 is 1.29 bits per heavy atom. The number of carbonyl (C=O) groups excluding carboxylic acids is 2. The Labute approximate surface area is 178 Å². The van der Waals surface area contributed by atoms with Crippen LogP contribution in [0, 0.1) is 12.8 Å². The molecule has 3 rings (SSSR count). The number of alkyl halides is 2. The third-order valence-corrected chi connectivity index (χ3v) is 4.78. The van der Waals surface area contributed by atoms with Gasteiger partial charge in [0.25, 0.3) is 5.91 Å². The number of carbonyl (C=O) groups is 2. The Bertz CT molecular complexity index is 1010. The molecule has 1 aliphatic carbocycles. The van der Waals surface area contributed by atoms with E-state index in [2.05, 4.69) is 27.2 Å². The smallest absolute Gasteiger partial charge is 0.302 e. The lowest BCUT2D eigenvalue weighted by molar-refractivity contribution is -0.117. The van der Waals surface area contributed by atoms with Crippen LogP contribution in [0.4, 0.5) is 14.6 Å². The number of anilines is 1. The van der Waals surface area contributed by atoms with Crippen LogP contribution in [-0.2, 0) is 11.3 Å².